The van der Waals surface area contributed by atoms with Crippen LogP contribution in [0.2, 0.25) is 0 Å². The lowest BCUT2D eigenvalue weighted by Crippen LogP contribution is -2.41. The average Bonchev–Trinajstić information content (AvgIpc) is 3.22. The van der Waals surface area contributed by atoms with E-state index in [9.17, 15) is 14.4 Å². The molecule has 9 heteroatoms. The summed E-state index contributed by atoms with van der Waals surface area (Å²) in [6.07, 6.45) is 0.438. The number of rotatable bonds is 9. The van der Waals surface area contributed by atoms with Gasteiger partial charge in [0.15, 0.2) is 6.73 Å². The van der Waals surface area contributed by atoms with E-state index in [1.54, 1.807) is 23.1 Å². The summed E-state index contributed by atoms with van der Waals surface area (Å²) in [5.74, 6) is 1.65. The lowest BCUT2D eigenvalue weighted by atomic mass is 10.1. The Morgan fingerprint density at radius 1 is 0.917 bits per heavy atom. The average molecular weight is 505 g/mol. The first-order chi connectivity index (χ1) is 17.5. The SMILES string of the molecule is O=C1NC(Cc2ccc(OCCN3COc4ccc(OCc5ccccc5)cc4C3=O)cc2)C(=O)S1. The standard InChI is InChI=1S/C27H24N2O6S/c30-25-22-15-21(34-16-19-4-2-1-3-5-19)10-11-24(22)35-17-29(25)12-13-33-20-8-6-18(7-9-20)14-23-26(31)36-27(32)28-23/h1-11,15,23H,12-14,16-17H2,(H,28,32). The van der Waals surface area contributed by atoms with Crippen molar-refractivity contribution in [2.75, 3.05) is 19.9 Å². The Hall–Kier alpha value is -3.98. The lowest BCUT2D eigenvalue weighted by molar-refractivity contribution is -0.112. The number of benzene rings is 3. The van der Waals surface area contributed by atoms with E-state index >= 15 is 0 Å². The molecule has 2 aliphatic rings. The molecule has 0 radical (unpaired) electrons. The van der Waals surface area contributed by atoms with Crippen molar-refractivity contribution in [2.24, 2.45) is 0 Å². The van der Waals surface area contributed by atoms with Crippen molar-refractivity contribution in [3.05, 3.63) is 89.5 Å². The number of hydrogen-bond donors (Lipinski definition) is 1. The van der Waals surface area contributed by atoms with Gasteiger partial charge in [-0.15, -0.1) is 0 Å². The second kappa shape index (κ2) is 10.7. The maximum absolute atomic E-state index is 13.0. The molecule has 1 fully saturated rings. The highest BCUT2D eigenvalue weighted by molar-refractivity contribution is 8.26. The number of fused-ring (bicyclic) bond motifs is 1. The van der Waals surface area contributed by atoms with E-state index in [-0.39, 0.29) is 23.0 Å². The number of amides is 2. The van der Waals surface area contributed by atoms with Crippen LogP contribution in [-0.2, 0) is 17.8 Å². The quantitative estimate of drug-likeness (QED) is 0.470. The molecule has 0 aliphatic carbocycles. The van der Waals surface area contributed by atoms with Gasteiger partial charge in [-0.1, -0.05) is 42.5 Å². The second-order valence-electron chi connectivity index (χ2n) is 8.38. The van der Waals surface area contributed by atoms with Crippen molar-refractivity contribution in [1.82, 2.24) is 10.2 Å². The molecule has 2 heterocycles. The zero-order valence-corrected chi connectivity index (χ0v) is 20.2. The molecule has 5 rings (SSSR count). The molecule has 0 spiro atoms. The van der Waals surface area contributed by atoms with Crippen LogP contribution in [0.4, 0.5) is 4.79 Å². The number of carbonyl (C=O) groups is 3. The third-order valence-corrected chi connectivity index (χ3v) is 6.64. The molecule has 0 bridgehead atoms. The molecule has 1 unspecified atom stereocenters. The van der Waals surface area contributed by atoms with Crippen molar-refractivity contribution in [1.29, 1.82) is 0 Å². The fourth-order valence-corrected chi connectivity index (χ4v) is 4.60. The second-order valence-corrected chi connectivity index (χ2v) is 9.35. The maximum Gasteiger partial charge on any atom is 0.287 e. The van der Waals surface area contributed by atoms with E-state index < -0.39 is 6.04 Å². The number of carbonyl (C=O) groups excluding carboxylic acids is 3. The van der Waals surface area contributed by atoms with Crippen LogP contribution in [0, 0.1) is 0 Å². The first-order valence-corrected chi connectivity index (χ1v) is 12.3. The largest absolute Gasteiger partial charge is 0.492 e. The van der Waals surface area contributed by atoms with Gasteiger partial charge in [-0.3, -0.25) is 14.4 Å². The van der Waals surface area contributed by atoms with Gasteiger partial charge in [-0.2, -0.15) is 0 Å². The van der Waals surface area contributed by atoms with Gasteiger partial charge in [0.1, 0.15) is 36.5 Å². The Balaban J connectivity index is 1.12. The Morgan fingerprint density at radius 2 is 1.69 bits per heavy atom. The van der Waals surface area contributed by atoms with E-state index in [0.29, 0.717) is 60.8 Å². The highest BCUT2D eigenvalue weighted by Gasteiger charge is 2.31. The Bertz CT molecular complexity index is 1270. The summed E-state index contributed by atoms with van der Waals surface area (Å²) in [7, 11) is 0. The fourth-order valence-electron chi connectivity index (χ4n) is 3.93. The van der Waals surface area contributed by atoms with E-state index in [1.807, 2.05) is 54.6 Å². The van der Waals surface area contributed by atoms with E-state index in [1.165, 1.54) is 0 Å². The van der Waals surface area contributed by atoms with Gasteiger partial charge >= 0.3 is 0 Å². The Kier molecular flexibility index (Phi) is 7.08. The monoisotopic (exact) mass is 504 g/mol. The molecule has 8 nitrogen and oxygen atoms in total. The minimum Gasteiger partial charge on any atom is -0.492 e. The predicted octanol–water partition coefficient (Wildman–Crippen LogP) is 4.03. The van der Waals surface area contributed by atoms with Gasteiger partial charge in [-0.05, 0) is 41.5 Å². The topological polar surface area (TPSA) is 94.2 Å². The lowest BCUT2D eigenvalue weighted by Gasteiger charge is -2.29. The van der Waals surface area contributed by atoms with Gasteiger partial charge in [0.05, 0.1) is 12.1 Å². The first-order valence-electron chi connectivity index (χ1n) is 11.5. The fraction of sp³-hybridized carbons (Fsp3) is 0.222. The van der Waals surface area contributed by atoms with Gasteiger partial charge in [-0.25, -0.2) is 0 Å². The van der Waals surface area contributed by atoms with Crippen LogP contribution < -0.4 is 19.5 Å². The molecule has 184 valence electrons. The minimum atomic E-state index is -0.494. The summed E-state index contributed by atoms with van der Waals surface area (Å²) in [5.41, 5.74) is 2.43. The molecule has 1 saturated heterocycles. The summed E-state index contributed by atoms with van der Waals surface area (Å²) < 4.78 is 17.4. The normalized spacial score (nSPS) is 16.8. The summed E-state index contributed by atoms with van der Waals surface area (Å²) >= 11 is 0.711. The Morgan fingerprint density at radius 3 is 2.44 bits per heavy atom. The maximum atomic E-state index is 13.0. The molecular formula is C27H24N2O6S. The zero-order chi connectivity index (χ0) is 24.9. The molecule has 1 N–H and O–H groups in total. The van der Waals surface area contributed by atoms with Crippen LogP contribution in [0.3, 0.4) is 0 Å². The van der Waals surface area contributed by atoms with Crippen molar-refractivity contribution >= 4 is 28.0 Å². The third kappa shape index (κ3) is 5.63. The number of nitrogens with one attached hydrogen (secondary N) is 1. The van der Waals surface area contributed by atoms with Crippen LogP contribution >= 0.6 is 11.8 Å². The number of ether oxygens (including phenoxy) is 3. The third-order valence-electron chi connectivity index (χ3n) is 5.86. The van der Waals surface area contributed by atoms with Crippen LogP contribution in [0.5, 0.6) is 17.2 Å². The van der Waals surface area contributed by atoms with Gasteiger partial charge in [0, 0.05) is 18.2 Å². The smallest absolute Gasteiger partial charge is 0.287 e. The van der Waals surface area contributed by atoms with Gasteiger partial charge < -0.3 is 24.4 Å². The summed E-state index contributed by atoms with van der Waals surface area (Å²) in [4.78, 5) is 37.7. The Labute approximate surface area is 212 Å². The zero-order valence-electron chi connectivity index (χ0n) is 19.3. The van der Waals surface area contributed by atoms with Crippen LogP contribution in [0.15, 0.2) is 72.8 Å². The number of thioether (sulfide) groups is 1. The highest BCUT2D eigenvalue weighted by Crippen LogP contribution is 2.29. The van der Waals surface area contributed by atoms with Crippen LogP contribution in [0.25, 0.3) is 0 Å². The number of nitrogens with zero attached hydrogens (tertiary/aromatic N) is 1. The highest BCUT2D eigenvalue weighted by atomic mass is 32.2. The molecule has 3 aromatic carbocycles. The van der Waals surface area contributed by atoms with E-state index in [2.05, 4.69) is 5.32 Å². The summed E-state index contributed by atoms with van der Waals surface area (Å²) in [6.45, 7) is 1.21. The van der Waals surface area contributed by atoms with E-state index in [0.717, 1.165) is 11.1 Å². The number of hydrogen-bond acceptors (Lipinski definition) is 7. The van der Waals surface area contributed by atoms with Crippen molar-refractivity contribution in [3.8, 4) is 17.2 Å². The van der Waals surface area contributed by atoms with Crippen molar-refractivity contribution in [3.63, 3.8) is 0 Å². The summed E-state index contributed by atoms with van der Waals surface area (Å²) in [5, 5.41) is 2.18. The molecule has 2 aliphatic heterocycles. The van der Waals surface area contributed by atoms with Crippen molar-refractivity contribution < 1.29 is 28.6 Å². The first kappa shape index (κ1) is 23.7. The van der Waals surface area contributed by atoms with Crippen molar-refractivity contribution in [2.45, 2.75) is 19.1 Å². The summed E-state index contributed by atoms with van der Waals surface area (Å²) in [6, 6.07) is 21.9. The molecular weight excluding hydrogens is 480 g/mol. The van der Waals surface area contributed by atoms with Gasteiger partial charge in [0.2, 0.25) is 5.12 Å². The predicted molar refractivity (Wildman–Crippen MR) is 134 cm³/mol. The molecule has 1 atom stereocenters. The van der Waals surface area contributed by atoms with Crippen LogP contribution in [0.1, 0.15) is 21.5 Å². The molecule has 36 heavy (non-hydrogen) atoms. The van der Waals surface area contributed by atoms with Crippen LogP contribution in [-0.4, -0.2) is 47.1 Å². The molecule has 0 saturated carbocycles. The minimum absolute atomic E-state index is 0.137. The molecule has 2 amide bonds. The van der Waals surface area contributed by atoms with E-state index in [4.69, 9.17) is 14.2 Å². The molecule has 3 aromatic rings. The molecule has 0 aromatic heterocycles. The van der Waals surface area contributed by atoms with Gasteiger partial charge in [0.25, 0.3) is 11.1 Å².